The Bertz CT molecular complexity index is 549. The molecule has 0 aromatic rings. The van der Waals surface area contributed by atoms with Crippen molar-refractivity contribution in [2.24, 2.45) is 0 Å². The first-order valence-corrected chi connectivity index (χ1v) is 9.06. The van der Waals surface area contributed by atoms with E-state index in [4.69, 9.17) is 0 Å². The molecule has 1 saturated heterocycles. The fraction of sp³-hybridized carbons (Fsp3) is 1.00. The van der Waals surface area contributed by atoms with Crippen molar-refractivity contribution < 1.29 is 47.7 Å². The molecule has 1 fully saturated rings. The first kappa shape index (κ1) is 22.4. The number of likely N-dealkylation sites (tertiary alicyclic amines) is 1. The van der Waals surface area contributed by atoms with Gasteiger partial charge in [-0.05, 0) is 6.92 Å². The van der Waals surface area contributed by atoms with Crippen LogP contribution in [0.2, 0.25) is 0 Å². The Kier molecular flexibility index (Phi) is 6.92. The normalized spacial score (nSPS) is 19.1. The van der Waals surface area contributed by atoms with Gasteiger partial charge >= 0.3 is 11.0 Å². The summed E-state index contributed by atoms with van der Waals surface area (Å²) in [6.07, 6.45) is 2.90. The minimum atomic E-state index is -6.72. The van der Waals surface area contributed by atoms with Gasteiger partial charge in [0.15, 0.2) is 20.0 Å². The lowest BCUT2D eigenvalue weighted by atomic mass is 10.4. The van der Waals surface area contributed by atoms with Gasteiger partial charge in [0.05, 0.1) is 26.7 Å². The number of hydrogen-bond donors (Lipinski definition) is 0. The van der Waals surface area contributed by atoms with Crippen LogP contribution in [-0.4, -0.2) is 59.0 Å². The molecule has 0 saturated carbocycles. The highest BCUT2D eigenvalue weighted by Crippen LogP contribution is 2.36. The third kappa shape index (κ3) is 6.43. The number of quaternary nitrogens is 1. The second-order valence-corrected chi connectivity index (χ2v) is 8.43. The van der Waals surface area contributed by atoms with Gasteiger partial charge < -0.3 is 8.61 Å². The van der Waals surface area contributed by atoms with Crippen LogP contribution in [0, 0.1) is 0 Å². The van der Waals surface area contributed by atoms with Gasteiger partial charge in [0.25, 0.3) is 0 Å². The van der Waals surface area contributed by atoms with E-state index in [1.54, 1.807) is 0 Å². The van der Waals surface area contributed by atoms with Gasteiger partial charge in [0.2, 0.25) is 0 Å². The van der Waals surface area contributed by atoms with Crippen LogP contribution in [-0.2, 0) is 20.0 Å². The van der Waals surface area contributed by atoms with E-state index in [-0.39, 0.29) is 0 Å². The number of hydrogen-bond acceptors (Lipinski definition) is 4. The summed E-state index contributed by atoms with van der Waals surface area (Å²) in [5.41, 5.74) is -12.4. The van der Waals surface area contributed by atoms with E-state index < -0.39 is 31.1 Å². The maximum atomic E-state index is 11.4. The largest absolute Gasteiger partial charge is 0.480 e. The Labute approximate surface area is 130 Å². The molecule has 0 bridgehead atoms. The molecular weight excluding hydrogens is 378 g/mol. The number of alkyl halides is 6. The molecule has 0 aliphatic carbocycles. The predicted molar refractivity (Wildman–Crippen MR) is 69.0 cm³/mol. The van der Waals surface area contributed by atoms with Gasteiger partial charge in [-0.2, -0.15) is 26.3 Å². The van der Waals surface area contributed by atoms with E-state index in [0.717, 1.165) is 4.13 Å². The molecule has 0 atom stereocenters. The summed E-state index contributed by atoms with van der Waals surface area (Å²) < 4.78 is 111. The third-order valence-electron chi connectivity index (χ3n) is 3.19. The van der Waals surface area contributed by atoms with E-state index in [2.05, 4.69) is 14.0 Å². The van der Waals surface area contributed by atoms with Crippen molar-refractivity contribution in [3.8, 4) is 0 Å². The summed E-state index contributed by atoms with van der Waals surface area (Å²) in [6, 6.07) is 0. The highest BCUT2D eigenvalue weighted by atomic mass is 32.3. The van der Waals surface area contributed by atoms with Gasteiger partial charge in [-0.1, -0.05) is 0 Å². The molecule has 0 amide bonds. The zero-order valence-corrected chi connectivity index (χ0v) is 13.8. The Hall–Kier alpha value is -0.600. The Morgan fingerprint density at radius 1 is 0.870 bits per heavy atom. The Balaban J connectivity index is 0.000000502. The molecule has 0 radical (unpaired) electrons. The van der Waals surface area contributed by atoms with E-state index in [1.807, 2.05) is 0 Å². The van der Waals surface area contributed by atoms with E-state index in [9.17, 15) is 43.2 Å². The number of rotatable bonds is 3. The molecule has 140 valence electrons. The van der Waals surface area contributed by atoms with Crippen molar-refractivity contribution in [2.75, 3.05) is 26.7 Å². The van der Waals surface area contributed by atoms with Crippen molar-refractivity contribution in [3.05, 3.63) is 4.13 Å². The zero-order chi connectivity index (χ0) is 18.7. The molecule has 1 heterocycles. The lowest BCUT2D eigenvalue weighted by Crippen LogP contribution is -2.40. The summed E-state index contributed by atoms with van der Waals surface area (Å²) in [7, 11) is -11.1. The van der Waals surface area contributed by atoms with E-state index >= 15 is 0 Å². The Morgan fingerprint density at radius 3 is 1.35 bits per heavy atom. The molecule has 0 N–H and O–H groups in total. The minimum absolute atomic E-state index is 0.778. The molecule has 1 rings (SSSR count). The van der Waals surface area contributed by atoms with Crippen LogP contribution >= 0.6 is 0 Å². The molecule has 14 heteroatoms. The lowest BCUT2D eigenvalue weighted by molar-refractivity contribution is -0.895. The molecular formula is C9H16F6N2O4S2. The van der Waals surface area contributed by atoms with Crippen molar-refractivity contribution >= 4 is 20.0 Å². The summed E-state index contributed by atoms with van der Waals surface area (Å²) in [6.45, 7) is 6.43. The van der Waals surface area contributed by atoms with E-state index in [0.29, 0.717) is 0 Å². The zero-order valence-electron chi connectivity index (χ0n) is 12.1. The van der Waals surface area contributed by atoms with Gasteiger partial charge in [-0.25, -0.2) is 16.8 Å². The quantitative estimate of drug-likeness (QED) is 0.543. The van der Waals surface area contributed by atoms with Gasteiger partial charge in [0, 0.05) is 12.8 Å². The van der Waals surface area contributed by atoms with Crippen LogP contribution in [0.25, 0.3) is 4.13 Å². The maximum Gasteiger partial charge on any atom is 0.480 e. The fourth-order valence-corrected chi connectivity index (χ4v) is 3.34. The summed E-state index contributed by atoms with van der Waals surface area (Å²) >= 11 is 0. The summed E-state index contributed by atoms with van der Waals surface area (Å²) in [5, 5.41) is 0. The maximum absolute atomic E-state index is 11.4. The molecule has 0 aromatic carbocycles. The molecule has 6 nitrogen and oxygen atoms in total. The smallest absolute Gasteiger partial charge is 0.421 e. The summed E-state index contributed by atoms with van der Waals surface area (Å²) in [5.74, 6) is 0. The molecule has 0 spiro atoms. The Morgan fingerprint density at radius 2 is 1.17 bits per heavy atom. The first-order chi connectivity index (χ1) is 9.97. The van der Waals surface area contributed by atoms with Crippen molar-refractivity contribution in [1.82, 2.24) is 0 Å². The van der Waals surface area contributed by atoms with Gasteiger partial charge in [-0.15, -0.1) is 0 Å². The SMILES string of the molecule is CC[N+]1(C)CCCC1.O=S(=O)([N-]S(=O)(=O)C(F)(F)F)C(F)(F)F. The molecule has 0 aromatic heterocycles. The van der Waals surface area contributed by atoms with Crippen LogP contribution < -0.4 is 0 Å². The summed E-state index contributed by atoms with van der Waals surface area (Å²) in [4.78, 5) is 0. The fourth-order valence-electron chi connectivity index (χ4n) is 1.63. The molecule has 23 heavy (non-hydrogen) atoms. The third-order valence-corrected chi connectivity index (χ3v) is 5.93. The second-order valence-electron chi connectivity index (χ2n) is 5.01. The predicted octanol–water partition coefficient (Wildman–Crippen LogP) is 2.31. The number of nitrogens with zero attached hydrogens (tertiary/aromatic N) is 2. The van der Waals surface area contributed by atoms with Crippen molar-refractivity contribution in [2.45, 2.75) is 30.8 Å². The minimum Gasteiger partial charge on any atom is -0.421 e. The highest BCUT2D eigenvalue weighted by molar-refractivity contribution is 8.13. The van der Waals surface area contributed by atoms with E-state index in [1.165, 1.54) is 37.0 Å². The van der Waals surface area contributed by atoms with Crippen LogP contribution in [0.3, 0.4) is 0 Å². The van der Waals surface area contributed by atoms with Crippen molar-refractivity contribution in [1.29, 1.82) is 0 Å². The molecule has 1 aliphatic rings. The molecule has 1 aliphatic heterocycles. The number of sulfonamides is 2. The van der Waals surface area contributed by atoms with Crippen LogP contribution in [0.1, 0.15) is 19.8 Å². The standard InChI is InChI=1S/C7H16N.C2F6NO4S2/c1-3-8(2)6-4-5-7-8;3-1(4,5)14(10,11)9-15(12,13)2(6,7)8/h3-7H2,1-2H3;/q+1;-1. The van der Waals surface area contributed by atoms with Gasteiger partial charge in [-0.3, -0.25) is 0 Å². The topological polar surface area (TPSA) is 82.4 Å². The van der Waals surface area contributed by atoms with Crippen molar-refractivity contribution in [3.63, 3.8) is 0 Å². The van der Waals surface area contributed by atoms with Crippen LogP contribution in [0.5, 0.6) is 0 Å². The lowest BCUT2D eigenvalue weighted by Gasteiger charge is -2.26. The second kappa shape index (κ2) is 7.11. The monoisotopic (exact) mass is 394 g/mol. The average Bonchev–Trinajstić information content (AvgIpc) is 2.73. The number of halogens is 6. The first-order valence-electron chi connectivity index (χ1n) is 6.18. The molecule has 0 unspecified atom stereocenters. The highest BCUT2D eigenvalue weighted by Gasteiger charge is 2.46. The van der Waals surface area contributed by atoms with Crippen LogP contribution in [0.15, 0.2) is 0 Å². The van der Waals surface area contributed by atoms with Crippen LogP contribution in [0.4, 0.5) is 26.3 Å². The van der Waals surface area contributed by atoms with Gasteiger partial charge in [0.1, 0.15) is 0 Å². The average molecular weight is 394 g/mol.